The number of carbonyl (C=O) groups excluding carboxylic acids is 1. The van der Waals surface area contributed by atoms with Gasteiger partial charge in [-0.15, -0.1) is 0 Å². The number of amides is 1. The zero-order valence-electron chi connectivity index (χ0n) is 9.95. The molecular weight excluding hydrogens is 320 g/mol. The summed E-state index contributed by atoms with van der Waals surface area (Å²) in [5, 5.41) is 2.67. The van der Waals surface area contributed by atoms with E-state index in [4.69, 9.17) is 0 Å². The van der Waals surface area contributed by atoms with E-state index in [1.807, 2.05) is 0 Å². The van der Waals surface area contributed by atoms with E-state index in [1.54, 1.807) is 19.9 Å². The molecule has 7 heteroatoms. The van der Waals surface area contributed by atoms with Crippen LogP contribution in [-0.2, 0) is 21.2 Å². The average molecular weight is 333 g/mol. The Morgan fingerprint density at radius 1 is 1.39 bits per heavy atom. The van der Waals surface area contributed by atoms with Gasteiger partial charge in [0.1, 0.15) is 0 Å². The summed E-state index contributed by atoms with van der Waals surface area (Å²) in [4.78, 5) is 11.4. The van der Waals surface area contributed by atoms with Crippen LogP contribution in [0.4, 0.5) is 5.69 Å². The molecule has 0 bridgehead atoms. The summed E-state index contributed by atoms with van der Waals surface area (Å²) in [6.45, 7) is 3.51. The number of carbonyl (C=O) groups is 1. The average Bonchev–Trinajstić information content (AvgIpc) is 2.53. The van der Waals surface area contributed by atoms with Crippen molar-refractivity contribution in [3.63, 3.8) is 0 Å². The van der Waals surface area contributed by atoms with E-state index in [2.05, 4.69) is 26.0 Å². The lowest BCUT2D eigenvalue weighted by molar-refractivity contribution is -0.115. The van der Waals surface area contributed by atoms with Crippen molar-refractivity contribution in [2.75, 3.05) is 5.32 Å². The number of fused-ring (bicyclic) bond motifs is 1. The Kier molecular flexibility index (Phi) is 3.48. The third-order valence-electron chi connectivity index (χ3n) is 2.46. The van der Waals surface area contributed by atoms with Gasteiger partial charge in [-0.3, -0.25) is 4.79 Å². The summed E-state index contributed by atoms with van der Waals surface area (Å²) in [7, 11) is -3.57. The SMILES string of the molecule is CC(C)NS(=O)(=O)c1cc2c(cc1Br)NC(=O)C2. The van der Waals surface area contributed by atoms with Gasteiger partial charge in [0.25, 0.3) is 0 Å². The number of sulfonamides is 1. The van der Waals surface area contributed by atoms with Crippen LogP contribution < -0.4 is 10.0 Å². The number of rotatable bonds is 3. The lowest BCUT2D eigenvalue weighted by atomic mass is 10.2. The van der Waals surface area contributed by atoms with Gasteiger partial charge in [0.15, 0.2) is 0 Å². The molecule has 1 amide bonds. The molecule has 0 aromatic heterocycles. The lowest BCUT2D eigenvalue weighted by Crippen LogP contribution is -2.30. The van der Waals surface area contributed by atoms with Gasteiger partial charge in [-0.05, 0) is 47.5 Å². The van der Waals surface area contributed by atoms with Gasteiger partial charge in [-0.1, -0.05) is 0 Å². The predicted octanol–water partition coefficient (Wildman–Crippen LogP) is 1.63. The fraction of sp³-hybridized carbons (Fsp3) is 0.364. The highest BCUT2D eigenvalue weighted by molar-refractivity contribution is 9.10. The fourth-order valence-corrected chi connectivity index (χ4v) is 4.15. The van der Waals surface area contributed by atoms with E-state index < -0.39 is 10.0 Å². The molecular formula is C11H13BrN2O3S. The minimum absolute atomic E-state index is 0.122. The van der Waals surface area contributed by atoms with Crippen LogP contribution in [0.5, 0.6) is 0 Å². The van der Waals surface area contributed by atoms with E-state index >= 15 is 0 Å². The summed E-state index contributed by atoms with van der Waals surface area (Å²) in [5.74, 6) is -0.122. The van der Waals surface area contributed by atoms with E-state index in [-0.39, 0.29) is 23.3 Å². The first kappa shape index (κ1) is 13.5. The molecule has 98 valence electrons. The van der Waals surface area contributed by atoms with Crippen LogP contribution in [0.1, 0.15) is 19.4 Å². The highest BCUT2D eigenvalue weighted by atomic mass is 79.9. The largest absolute Gasteiger partial charge is 0.325 e. The molecule has 1 aliphatic heterocycles. The maximum atomic E-state index is 12.1. The number of halogens is 1. The Labute approximate surface area is 114 Å². The van der Waals surface area contributed by atoms with Gasteiger partial charge in [-0.25, -0.2) is 13.1 Å². The molecule has 0 spiro atoms. The summed E-state index contributed by atoms with van der Waals surface area (Å²) in [6, 6.07) is 2.96. The van der Waals surface area contributed by atoms with Gasteiger partial charge in [0, 0.05) is 16.2 Å². The van der Waals surface area contributed by atoms with Crippen LogP contribution >= 0.6 is 15.9 Å². The predicted molar refractivity (Wildman–Crippen MR) is 71.9 cm³/mol. The highest BCUT2D eigenvalue weighted by Gasteiger charge is 2.25. The van der Waals surface area contributed by atoms with E-state index in [0.717, 1.165) is 0 Å². The van der Waals surface area contributed by atoms with E-state index in [9.17, 15) is 13.2 Å². The van der Waals surface area contributed by atoms with Crippen LogP contribution in [0.3, 0.4) is 0 Å². The van der Waals surface area contributed by atoms with Crippen molar-refractivity contribution in [3.8, 4) is 0 Å². The monoisotopic (exact) mass is 332 g/mol. The molecule has 1 aromatic carbocycles. The van der Waals surface area contributed by atoms with Crippen molar-refractivity contribution in [1.82, 2.24) is 4.72 Å². The molecule has 0 atom stereocenters. The zero-order valence-corrected chi connectivity index (χ0v) is 12.4. The third kappa shape index (κ3) is 2.57. The molecule has 0 aliphatic carbocycles. The van der Waals surface area contributed by atoms with Crippen LogP contribution in [0.15, 0.2) is 21.5 Å². The Bertz CT molecular complexity index is 611. The maximum Gasteiger partial charge on any atom is 0.241 e. The molecule has 0 radical (unpaired) electrons. The smallest absolute Gasteiger partial charge is 0.241 e. The minimum atomic E-state index is -3.57. The van der Waals surface area contributed by atoms with Crippen molar-refractivity contribution >= 4 is 37.5 Å². The van der Waals surface area contributed by atoms with Gasteiger partial charge in [0.05, 0.1) is 11.3 Å². The van der Waals surface area contributed by atoms with Gasteiger partial charge in [-0.2, -0.15) is 0 Å². The number of hydrogen-bond acceptors (Lipinski definition) is 3. The van der Waals surface area contributed by atoms with Gasteiger partial charge >= 0.3 is 0 Å². The standard InChI is InChI=1S/C11H13BrN2O3S/c1-6(2)14-18(16,17)10-3-7-4-11(15)13-9(7)5-8(10)12/h3,5-6,14H,4H2,1-2H3,(H,13,15). The number of anilines is 1. The molecule has 2 N–H and O–H groups in total. The maximum absolute atomic E-state index is 12.1. The molecule has 1 heterocycles. The molecule has 5 nitrogen and oxygen atoms in total. The van der Waals surface area contributed by atoms with Crippen LogP contribution in [0, 0.1) is 0 Å². The molecule has 0 saturated carbocycles. The molecule has 0 saturated heterocycles. The van der Waals surface area contributed by atoms with E-state index in [1.165, 1.54) is 6.07 Å². The Morgan fingerprint density at radius 3 is 2.67 bits per heavy atom. The normalized spacial score (nSPS) is 14.8. The topological polar surface area (TPSA) is 75.3 Å². The first-order valence-corrected chi connectivity index (χ1v) is 7.72. The summed E-state index contributed by atoms with van der Waals surface area (Å²) in [6.07, 6.45) is 0.215. The second-order valence-corrected chi connectivity index (χ2v) is 6.98. The first-order valence-electron chi connectivity index (χ1n) is 5.44. The summed E-state index contributed by atoms with van der Waals surface area (Å²) < 4.78 is 27.2. The molecule has 0 fully saturated rings. The molecule has 2 rings (SSSR count). The molecule has 0 unspecified atom stereocenters. The van der Waals surface area contributed by atoms with Crippen LogP contribution in [-0.4, -0.2) is 20.4 Å². The van der Waals surface area contributed by atoms with Crippen molar-refractivity contribution in [2.45, 2.75) is 31.2 Å². The number of benzene rings is 1. The summed E-state index contributed by atoms with van der Waals surface area (Å²) >= 11 is 3.23. The first-order chi connectivity index (χ1) is 8.29. The van der Waals surface area contributed by atoms with Crippen molar-refractivity contribution < 1.29 is 13.2 Å². The third-order valence-corrected chi connectivity index (χ3v) is 5.08. The second kappa shape index (κ2) is 4.64. The van der Waals surface area contributed by atoms with Gasteiger partial charge in [0.2, 0.25) is 15.9 Å². The highest BCUT2D eigenvalue weighted by Crippen LogP contribution is 2.32. The van der Waals surface area contributed by atoms with Crippen LogP contribution in [0.25, 0.3) is 0 Å². The Hall–Kier alpha value is -0.920. The second-order valence-electron chi connectivity index (χ2n) is 4.44. The molecule has 1 aromatic rings. The number of nitrogens with one attached hydrogen (secondary N) is 2. The minimum Gasteiger partial charge on any atom is -0.325 e. The Balaban J connectivity index is 2.48. The van der Waals surface area contributed by atoms with Crippen molar-refractivity contribution in [3.05, 3.63) is 22.2 Å². The zero-order chi connectivity index (χ0) is 13.5. The van der Waals surface area contributed by atoms with Crippen molar-refractivity contribution in [1.29, 1.82) is 0 Å². The molecule has 18 heavy (non-hydrogen) atoms. The van der Waals surface area contributed by atoms with Crippen molar-refractivity contribution in [2.24, 2.45) is 0 Å². The van der Waals surface area contributed by atoms with Crippen LogP contribution in [0.2, 0.25) is 0 Å². The molecule has 1 aliphatic rings. The fourth-order valence-electron chi connectivity index (χ4n) is 1.81. The Morgan fingerprint density at radius 2 is 2.06 bits per heavy atom. The van der Waals surface area contributed by atoms with E-state index in [0.29, 0.717) is 15.7 Å². The lowest BCUT2D eigenvalue weighted by Gasteiger charge is -2.12. The summed E-state index contributed by atoms with van der Waals surface area (Å²) in [5.41, 5.74) is 1.36. The number of hydrogen-bond donors (Lipinski definition) is 2. The van der Waals surface area contributed by atoms with Gasteiger partial charge < -0.3 is 5.32 Å². The quantitative estimate of drug-likeness (QED) is 0.883.